The Hall–Kier alpha value is -3.23. The molecule has 2 heterocycles. The Bertz CT molecular complexity index is 1170. The summed E-state index contributed by atoms with van der Waals surface area (Å²) in [5.41, 5.74) is 0.340. The molecule has 0 aliphatic carbocycles. The van der Waals surface area contributed by atoms with Crippen molar-refractivity contribution in [2.45, 2.75) is 6.04 Å². The average molecular weight is 401 g/mol. The Morgan fingerprint density at radius 2 is 1.89 bits per heavy atom. The maximum Gasteiger partial charge on any atom is 0.290 e. The first kappa shape index (κ1) is 18.1. The number of amides is 1. The van der Waals surface area contributed by atoms with Crippen molar-refractivity contribution in [1.82, 2.24) is 4.90 Å². The zero-order valence-corrected chi connectivity index (χ0v) is 15.0. The molecule has 9 heteroatoms. The van der Waals surface area contributed by atoms with Gasteiger partial charge in [0.15, 0.2) is 5.43 Å². The molecule has 142 valence electrons. The average Bonchev–Trinajstić information content (AvgIpc) is 2.95. The number of benzene rings is 2. The van der Waals surface area contributed by atoms with E-state index in [1.54, 1.807) is 6.07 Å². The maximum absolute atomic E-state index is 13.2. The highest BCUT2D eigenvalue weighted by molar-refractivity contribution is 6.31. The van der Waals surface area contributed by atoms with Crippen LogP contribution in [0.3, 0.4) is 0 Å². The van der Waals surface area contributed by atoms with Crippen LogP contribution >= 0.6 is 11.6 Å². The van der Waals surface area contributed by atoms with Gasteiger partial charge in [0.2, 0.25) is 5.76 Å². The number of halogens is 1. The van der Waals surface area contributed by atoms with Gasteiger partial charge in [-0.1, -0.05) is 11.6 Å². The molecular formula is C19H13ClN2O6. The smallest absolute Gasteiger partial charge is 0.290 e. The Morgan fingerprint density at radius 1 is 1.18 bits per heavy atom. The molecule has 0 saturated carbocycles. The first-order chi connectivity index (χ1) is 13.4. The number of β-amino-alcohol motifs (C(OH)–C–C–N with tert-alkyl or cyclic N) is 1. The summed E-state index contributed by atoms with van der Waals surface area (Å²) in [4.78, 5) is 37.7. The number of rotatable bonds is 4. The van der Waals surface area contributed by atoms with Crippen LogP contribution in [0.5, 0.6) is 0 Å². The molecule has 4 rings (SSSR count). The molecule has 0 saturated heterocycles. The van der Waals surface area contributed by atoms with Crippen molar-refractivity contribution in [2.75, 3.05) is 13.2 Å². The maximum atomic E-state index is 13.2. The molecule has 1 aliphatic heterocycles. The predicted molar refractivity (Wildman–Crippen MR) is 101 cm³/mol. The number of nitrogens with zero attached hydrogens (tertiary/aromatic N) is 2. The molecule has 1 N–H and O–H groups in total. The zero-order valence-electron chi connectivity index (χ0n) is 14.3. The van der Waals surface area contributed by atoms with Gasteiger partial charge in [-0.05, 0) is 35.9 Å². The van der Waals surface area contributed by atoms with Gasteiger partial charge in [0, 0.05) is 23.7 Å². The Labute approximate surface area is 162 Å². The van der Waals surface area contributed by atoms with E-state index >= 15 is 0 Å². The van der Waals surface area contributed by atoms with Crippen LogP contribution in [-0.4, -0.2) is 34.0 Å². The van der Waals surface area contributed by atoms with Crippen molar-refractivity contribution in [3.05, 3.63) is 84.7 Å². The lowest BCUT2D eigenvalue weighted by Crippen LogP contribution is -2.32. The lowest BCUT2D eigenvalue weighted by atomic mass is 9.98. The van der Waals surface area contributed by atoms with Crippen LogP contribution in [0.15, 0.2) is 51.7 Å². The van der Waals surface area contributed by atoms with Crippen molar-refractivity contribution in [3.63, 3.8) is 0 Å². The fraction of sp³-hybridized carbons (Fsp3) is 0.158. The number of non-ortho nitro benzene ring substituents is 1. The number of hydrogen-bond donors (Lipinski definition) is 1. The second kappa shape index (κ2) is 6.74. The van der Waals surface area contributed by atoms with Crippen LogP contribution in [-0.2, 0) is 0 Å². The summed E-state index contributed by atoms with van der Waals surface area (Å²) in [5.74, 6) is -0.627. The first-order valence-corrected chi connectivity index (χ1v) is 8.72. The fourth-order valence-electron chi connectivity index (χ4n) is 3.46. The largest absolute Gasteiger partial charge is 0.450 e. The molecule has 0 spiro atoms. The van der Waals surface area contributed by atoms with Crippen LogP contribution in [0.25, 0.3) is 11.0 Å². The SMILES string of the molecule is O=C1c2oc3ccc(Cl)cc3c(=O)c2C(c2ccc([N+](=O)[O-])cc2)N1CCO. The molecule has 0 fully saturated rings. The molecule has 0 bridgehead atoms. The molecule has 1 aliphatic rings. The number of aliphatic hydroxyl groups excluding tert-OH is 1. The van der Waals surface area contributed by atoms with E-state index in [4.69, 9.17) is 16.0 Å². The molecule has 1 amide bonds. The monoisotopic (exact) mass is 400 g/mol. The number of fused-ring (bicyclic) bond motifs is 2. The van der Waals surface area contributed by atoms with Crippen molar-refractivity contribution < 1.29 is 19.2 Å². The third-order valence-electron chi connectivity index (χ3n) is 4.69. The summed E-state index contributed by atoms with van der Waals surface area (Å²) >= 11 is 5.99. The van der Waals surface area contributed by atoms with Crippen molar-refractivity contribution in [3.8, 4) is 0 Å². The number of carbonyl (C=O) groups excluding carboxylic acids is 1. The molecular weight excluding hydrogens is 388 g/mol. The van der Waals surface area contributed by atoms with Crippen LogP contribution in [0.1, 0.15) is 27.7 Å². The van der Waals surface area contributed by atoms with E-state index in [2.05, 4.69) is 0 Å². The minimum Gasteiger partial charge on any atom is -0.450 e. The van der Waals surface area contributed by atoms with Gasteiger partial charge in [0.1, 0.15) is 5.58 Å². The normalized spacial score (nSPS) is 15.9. The van der Waals surface area contributed by atoms with Crippen LogP contribution in [0.2, 0.25) is 5.02 Å². The molecule has 1 unspecified atom stereocenters. The summed E-state index contributed by atoms with van der Waals surface area (Å²) in [6, 6.07) is 9.28. The Morgan fingerprint density at radius 3 is 2.54 bits per heavy atom. The van der Waals surface area contributed by atoms with Gasteiger partial charge in [-0.25, -0.2) is 0 Å². The number of hydrogen-bond acceptors (Lipinski definition) is 6. The summed E-state index contributed by atoms with van der Waals surface area (Å²) in [6.45, 7) is -0.343. The fourth-order valence-corrected chi connectivity index (χ4v) is 3.63. The van der Waals surface area contributed by atoms with E-state index < -0.39 is 22.3 Å². The van der Waals surface area contributed by atoms with E-state index in [9.17, 15) is 24.8 Å². The van der Waals surface area contributed by atoms with Crippen molar-refractivity contribution in [1.29, 1.82) is 0 Å². The molecule has 0 radical (unpaired) electrons. The van der Waals surface area contributed by atoms with Gasteiger partial charge < -0.3 is 14.4 Å². The Kier molecular flexibility index (Phi) is 4.37. The van der Waals surface area contributed by atoms with Crippen LogP contribution in [0, 0.1) is 10.1 Å². The van der Waals surface area contributed by atoms with E-state index in [0.29, 0.717) is 10.6 Å². The molecule has 3 aromatic rings. The summed E-state index contributed by atoms with van der Waals surface area (Å²) in [6.07, 6.45) is 0. The lowest BCUT2D eigenvalue weighted by molar-refractivity contribution is -0.384. The Balaban J connectivity index is 1.96. The standard InChI is InChI=1S/C19H13ClN2O6/c20-11-3-6-14-13(9-11)17(24)15-16(10-1-4-12(5-2-10)22(26)27)21(7-8-23)19(25)18(15)28-14/h1-6,9,16,23H,7-8H2. The second-order valence-electron chi connectivity index (χ2n) is 6.29. The molecule has 1 aromatic heterocycles. The molecule has 8 nitrogen and oxygen atoms in total. The van der Waals surface area contributed by atoms with Crippen LogP contribution < -0.4 is 5.43 Å². The first-order valence-electron chi connectivity index (χ1n) is 8.35. The van der Waals surface area contributed by atoms with Gasteiger partial charge in [-0.2, -0.15) is 0 Å². The number of nitro groups is 1. The molecule has 2 aromatic carbocycles. The van der Waals surface area contributed by atoms with E-state index in [1.807, 2.05) is 0 Å². The van der Waals surface area contributed by atoms with E-state index in [1.165, 1.54) is 41.3 Å². The molecule has 1 atom stereocenters. The summed E-state index contributed by atoms with van der Waals surface area (Å²) < 4.78 is 5.70. The third kappa shape index (κ3) is 2.74. The quantitative estimate of drug-likeness (QED) is 0.532. The summed E-state index contributed by atoms with van der Waals surface area (Å²) in [7, 11) is 0. The topological polar surface area (TPSA) is 114 Å². The lowest BCUT2D eigenvalue weighted by Gasteiger charge is -2.24. The van der Waals surface area contributed by atoms with E-state index in [0.717, 1.165) is 0 Å². The summed E-state index contributed by atoms with van der Waals surface area (Å²) in [5, 5.41) is 20.9. The highest BCUT2D eigenvalue weighted by atomic mass is 35.5. The van der Waals surface area contributed by atoms with Crippen molar-refractivity contribution >= 4 is 34.2 Å². The minimum atomic E-state index is -0.824. The zero-order chi connectivity index (χ0) is 20.0. The number of carbonyl (C=O) groups is 1. The van der Waals surface area contributed by atoms with Gasteiger partial charge >= 0.3 is 0 Å². The highest BCUT2D eigenvalue weighted by Crippen LogP contribution is 2.38. The van der Waals surface area contributed by atoms with Crippen molar-refractivity contribution in [2.24, 2.45) is 0 Å². The number of nitro benzene ring substituents is 1. The third-order valence-corrected chi connectivity index (χ3v) is 4.92. The van der Waals surface area contributed by atoms with Gasteiger partial charge in [-0.15, -0.1) is 0 Å². The number of aliphatic hydroxyl groups is 1. The highest BCUT2D eigenvalue weighted by Gasteiger charge is 2.42. The van der Waals surface area contributed by atoms with E-state index in [-0.39, 0.29) is 41.1 Å². The molecule has 28 heavy (non-hydrogen) atoms. The van der Waals surface area contributed by atoms with Crippen LogP contribution in [0.4, 0.5) is 5.69 Å². The predicted octanol–water partition coefficient (Wildman–Crippen LogP) is 2.89. The second-order valence-corrected chi connectivity index (χ2v) is 6.72. The van der Waals surface area contributed by atoms with Gasteiger partial charge in [0.25, 0.3) is 11.6 Å². The van der Waals surface area contributed by atoms with Gasteiger partial charge in [0.05, 0.1) is 28.5 Å². The minimum absolute atomic E-state index is 0.0266. The van der Waals surface area contributed by atoms with Gasteiger partial charge in [-0.3, -0.25) is 19.7 Å².